The number of carbonyl (C=O) groups is 2. The van der Waals surface area contributed by atoms with Gasteiger partial charge in [0.25, 0.3) is 0 Å². The van der Waals surface area contributed by atoms with E-state index in [2.05, 4.69) is 4.74 Å². The second-order valence-electron chi connectivity index (χ2n) is 4.26. The Hall–Kier alpha value is -2.32. The summed E-state index contributed by atoms with van der Waals surface area (Å²) in [6, 6.07) is 3.09. The van der Waals surface area contributed by atoms with Gasteiger partial charge < -0.3 is 28.4 Å². The summed E-state index contributed by atoms with van der Waals surface area (Å²) in [6.45, 7) is -0.118. The number of carbonyl (C=O) groups excluding carboxylic acids is 2. The lowest BCUT2D eigenvalue weighted by Gasteiger charge is -2.17. The Morgan fingerprint density at radius 2 is 1.43 bits per heavy atom. The largest absolute Gasteiger partial charge is 0.469 e. The van der Waals surface area contributed by atoms with E-state index in [1.807, 2.05) is 0 Å². The van der Waals surface area contributed by atoms with Crippen LogP contribution in [0.25, 0.3) is 0 Å². The highest BCUT2D eigenvalue weighted by atomic mass is 16.7. The highest BCUT2D eigenvalue weighted by Crippen LogP contribution is 2.32. The van der Waals surface area contributed by atoms with Crippen molar-refractivity contribution in [2.75, 3.05) is 42.0 Å². The van der Waals surface area contributed by atoms with E-state index >= 15 is 0 Å². The minimum atomic E-state index is -0.669. The van der Waals surface area contributed by atoms with Crippen molar-refractivity contribution in [1.29, 1.82) is 0 Å². The van der Waals surface area contributed by atoms with Crippen molar-refractivity contribution in [2.24, 2.45) is 0 Å². The van der Waals surface area contributed by atoms with Crippen LogP contribution in [0.4, 0.5) is 0 Å². The molecule has 0 spiro atoms. The molecule has 23 heavy (non-hydrogen) atoms. The van der Waals surface area contributed by atoms with Gasteiger partial charge in [-0.2, -0.15) is 0 Å². The Morgan fingerprint density at radius 1 is 0.870 bits per heavy atom. The maximum atomic E-state index is 12.1. The molecule has 0 N–H and O–H groups in total. The van der Waals surface area contributed by atoms with Crippen LogP contribution in [0.2, 0.25) is 0 Å². The molecule has 8 heteroatoms. The average Bonchev–Trinajstić information content (AvgIpc) is 2.57. The Bertz CT molecular complexity index is 541. The van der Waals surface area contributed by atoms with Gasteiger partial charge in [0, 0.05) is 19.8 Å². The maximum Gasteiger partial charge on any atom is 0.342 e. The molecular weight excluding hydrogens is 308 g/mol. The first-order chi connectivity index (χ1) is 11.1. The molecule has 0 aliphatic carbocycles. The zero-order valence-electron chi connectivity index (χ0n) is 13.5. The number of hydrogen-bond donors (Lipinski definition) is 0. The minimum Gasteiger partial charge on any atom is -0.469 e. The molecule has 0 atom stereocenters. The van der Waals surface area contributed by atoms with E-state index in [9.17, 15) is 9.59 Å². The first-order valence-electron chi connectivity index (χ1n) is 6.63. The van der Waals surface area contributed by atoms with Gasteiger partial charge in [0.2, 0.25) is 0 Å². The Balaban J connectivity index is 3.37. The molecule has 0 radical (unpaired) electrons. The molecule has 0 amide bonds. The first-order valence-corrected chi connectivity index (χ1v) is 6.63. The fourth-order valence-electron chi connectivity index (χ4n) is 1.83. The Morgan fingerprint density at radius 3 is 1.96 bits per heavy atom. The van der Waals surface area contributed by atoms with Gasteiger partial charge in [-0.25, -0.2) is 4.79 Å². The second kappa shape index (κ2) is 9.65. The molecule has 0 unspecified atom stereocenters. The predicted octanol–water partition coefficient (Wildman–Crippen LogP) is 1.15. The lowest BCUT2D eigenvalue weighted by atomic mass is 10.0. The van der Waals surface area contributed by atoms with Crippen LogP contribution < -0.4 is 9.47 Å². The highest BCUT2D eigenvalue weighted by Gasteiger charge is 2.24. The maximum absolute atomic E-state index is 12.1. The van der Waals surface area contributed by atoms with Crippen molar-refractivity contribution in [3.8, 4) is 11.5 Å². The van der Waals surface area contributed by atoms with Gasteiger partial charge >= 0.3 is 11.9 Å². The fourth-order valence-corrected chi connectivity index (χ4v) is 1.83. The monoisotopic (exact) mass is 328 g/mol. The van der Waals surface area contributed by atoms with Crippen LogP contribution in [-0.2, 0) is 30.2 Å². The van der Waals surface area contributed by atoms with E-state index < -0.39 is 11.9 Å². The summed E-state index contributed by atoms with van der Waals surface area (Å²) in [5.74, 6) is -0.705. The molecule has 128 valence electrons. The summed E-state index contributed by atoms with van der Waals surface area (Å²) in [4.78, 5) is 23.8. The molecule has 0 aliphatic rings. The predicted molar refractivity (Wildman–Crippen MR) is 78.5 cm³/mol. The standard InChI is InChI=1S/C15H20O8/c1-18-8-22-11-5-6-12(23-9-19-2)14(15(17)21-4)10(11)7-13(16)20-3/h5-6H,7-9H2,1-4H3. The van der Waals surface area contributed by atoms with Gasteiger partial charge in [-0.15, -0.1) is 0 Å². The van der Waals surface area contributed by atoms with E-state index in [0.29, 0.717) is 5.75 Å². The average molecular weight is 328 g/mol. The molecule has 1 aromatic carbocycles. The normalized spacial score (nSPS) is 10.1. The molecule has 0 saturated heterocycles. The summed E-state index contributed by atoms with van der Waals surface area (Å²) >= 11 is 0. The van der Waals surface area contributed by atoms with Gasteiger partial charge in [-0.05, 0) is 12.1 Å². The quantitative estimate of drug-likeness (QED) is 0.493. The molecule has 0 fully saturated rings. The number of benzene rings is 1. The SMILES string of the molecule is COCOc1ccc(OCOC)c(C(=O)OC)c1CC(=O)OC. The fraction of sp³-hybridized carbons (Fsp3) is 0.467. The molecule has 1 rings (SSSR count). The zero-order chi connectivity index (χ0) is 17.2. The molecule has 0 bridgehead atoms. The number of hydrogen-bond acceptors (Lipinski definition) is 8. The number of methoxy groups -OCH3 is 4. The summed E-state index contributed by atoms with van der Waals surface area (Å²) in [5.41, 5.74) is 0.359. The van der Waals surface area contributed by atoms with Crippen LogP contribution in [0.15, 0.2) is 12.1 Å². The van der Waals surface area contributed by atoms with Crippen molar-refractivity contribution in [1.82, 2.24) is 0 Å². The topological polar surface area (TPSA) is 89.5 Å². The Labute approximate surface area is 134 Å². The van der Waals surface area contributed by atoms with E-state index in [1.54, 1.807) is 6.07 Å². The molecule has 8 nitrogen and oxygen atoms in total. The molecule has 0 aliphatic heterocycles. The lowest BCUT2D eigenvalue weighted by molar-refractivity contribution is -0.139. The van der Waals surface area contributed by atoms with Crippen LogP contribution in [-0.4, -0.2) is 54.0 Å². The van der Waals surface area contributed by atoms with Crippen LogP contribution in [0.5, 0.6) is 11.5 Å². The lowest BCUT2D eigenvalue weighted by Crippen LogP contribution is -2.16. The van der Waals surface area contributed by atoms with Gasteiger partial charge in [-0.1, -0.05) is 0 Å². The van der Waals surface area contributed by atoms with Crippen LogP contribution in [0.3, 0.4) is 0 Å². The molecule has 0 saturated carbocycles. The van der Waals surface area contributed by atoms with Gasteiger partial charge in [0.05, 0.1) is 20.6 Å². The van der Waals surface area contributed by atoms with Crippen LogP contribution in [0, 0.1) is 0 Å². The zero-order valence-corrected chi connectivity index (χ0v) is 13.5. The van der Waals surface area contributed by atoms with E-state index in [4.69, 9.17) is 23.7 Å². The third-order valence-corrected chi connectivity index (χ3v) is 2.83. The van der Waals surface area contributed by atoms with E-state index in [0.717, 1.165) is 0 Å². The second-order valence-corrected chi connectivity index (χ2v) is 4.26. The number of esters is 2. The number of rotatable bonds is 9. The van der Waals surface area contributed by atoms with Gasteiger partial charge in [-0.3, -0.25) is 4.79 Å². The van der Waals surface area contributed by atoms with E-state index in [1.165, 1.54) is 34.5 Å². The van der Waals surface area contributed by atoms with Crippen LogP contribution >= 0.6 is 0 Å². The Kier molecular flexibility index (Phi) is 7.86. The third kappa shape index (κ3) is 5.11. The summed E-state index contributed by atoms with van der Waals surface area (Å²) in [5, 5.41) is 0. The summed E-state index contributed by atoms with van der Waals surface area (Å²) < 4.78 is 29.9. The van der Waals surface area contributed by atoms with E-state index in [-0.39, 0.29) is 36.9 Å². The van der Waals surface area contributed by atoms with Crippen molar-refractivity contribution < 1.29 is 38.0 Å². The first kappa shape index (κ1) is 18.7. The smallest absolute Gasteiger partial charge is 0.342 e. The molecule has 1 aromatic rings. The molecule has 0 heterocycles. The summed E-state index contributed by atoms with van der Waals surface area (Å²) in [6.07, 6.45) is -0.190. The minimum absolute atomic E-state index is 0.0486. The van der Waals surface area contributed by atoms with Crippen molar-refractivity contribution in [3.63, 3.8) is 0 Å². The van der Waals surface area contributed by atoms with Crippen LogP contribution in [0.1, 0.15) is 15.9 Å². The van der Waals surface area contributed by atoms with Gasteiger partial charge in [0.1, 0.15) is 17.1 Å². The summed E-state index contributed by atoms with van der Waals surface area (Å²) in [7, 11) is 5.38. The van der Waals surface area contributed by atoms with Gasteiger partial charge in [0.15, 0.2) is 13.6 Å². The molecule has 0 aromatic heterocycles. The molecular formula is C15H20O8. The van der Waals surface area contributed by atoms with Crippen molar-refractivity contribution in [3.05, 3.63) is 23.3 Å². The van der Waals surface area contributed by atoms with Crippen molar-refractivity contribution >= 4 is 11.9 Å². The number of ether oxygens (including phenoxy) is 6. The highest BCUT2D eigenvalue weighted by molar-refractivity contribution is 5.96. The van der Waals surface area contributed by atoms with Crippen molar-refractivity contribution in [2.45, 2.75) is 6.42 Å². The third-order valence-electron chi connectivity index (χ3n) is 2.83.